The van der Waals surface area contributed by atoms with Crippen molar-refractivity contribution in [2.45, 2.75) is 25.4 Å². The van der Waals surface area contributed by atoms with Crippen molar-refractivity contribution in [2.75, 3.05) is 0 Å². The first kappa shape index (κ1) is 14.3. The van der Waals surface area contributed by atoms with E-state index in [0.717, 1.165) is 35.1 Å². The molecule has 0 saturated carbocycles. The Bertz CT molecular complexity index is 632. The van der Waals surface area contributed by atoms with E-state index >= 15 is 0 Å². The molecule has 0 bridgehead atoms. The molecule has 6 heteroatoms. The summed E-state index contributed by atoms with van der Waals surface area (Å²) in [7, 11) is 0. The number of nitrogens with one attached hydrogen (secondary N) is 1. The van der Waals surface area contributed by atoms with Crippen LogP contribution in [0.15, 0.2) is 34.3 Å². The highest BCUT2D eigenvalue weighted by molar-refractivity contribution is 8.04. The average Bonchev–Trinajstić information content (AvgIpc) is 2.88. The second-order valence-electron chi connectivity index (χ2n) is 4.24. The van der Waals surface area contributed by atoms with Gasteiger partial charge in [0.15, 0.2) is 0 Å². The monoisotopic (exact) mass is 289 g/mol. The van der Waals surface area contributed by atoms with Gasteiger partial charge in [0.25, 0.3) is 0 Å². The summed E-state index contributed by atoms with van der Waals surface area (Å²) in [5, 5.41) is 16.4. The van der Waals surface area contributed by atoms with Gasteiger partial charge in [0.1, 0.15) is 10.7 Å². The van der Waals surface area contributed by atoms with Gasteiger partial charge in [-0.2, -0.15) is 0 Å². The first-order chi connectivity index (χ1) is 9.58. The lowest BCUT2D eigenvalue weighted by Gasteiger charge is -2.00. The SMILES string of the molecule is CCc1nc(S/C(=C\c2ccc(C)cc2)C(=O)O)n[nH]1. The molecule has 0 saturated heterocycles. The van der Waals surface area contributed by atoms with E-state index < -0.39 is 5.97 Å². The van der Waals surface area contributed by atoms with Crippen LogP contribution in [0.3, 0.4) is 0 Å². The third kappa shape index (κ3) is 3.71. The number of aromatic nitrogens is 3. The summed E-state index contributed by atoms with van der Waals surface area (Å²) in [6.45, 7) is 3.94. The molecule has 2 rings (SSSR count). The van der Waals surface area contributed by atoms with E-state index in [1.807, 2.05) is 38.1 Å². The Morgan fingerprint density at radius 3 is 2.65 bits per heavy atom. The maximum atomic E-state index is 11.3. The van der Waals surface area contributed by atoms with Crippen LogP contribution < -0.4 is 0 Å². The number of nitrogens with zero attached hydrogens (tertiary/aromatic N) is 2. The molecule has 2 aromatic rings. The summed E-state index contributed by atoms with van der Waals surface area (Å²) < 4.78 is 0. The maximum absolute atomic E-state index is 11.3. The fraction of sp³-hybridized carbons (Fsp3) is 0.214. The van der Waals surface area contributed by atoms with Crippen molar-refractivity contribution in [3.05, 3.63) is 46.1 Å². The van der Waals surface area contributed by atoms with E-state index in [4.69, 9.17) is 0 Å². The van der Waals surface area contributed by atoms with Gasteiger partial charge < -0.3 is 5.11 Å². The van der Waals surface area contributed by atoms with Crippen molar-refractivity contribution < 1.29 is 9.90 Å². The molecule has 1 heterocycles. The van der Waals surface area contributed by atoms with E-state index in [-0.39, 0.29) is 4.91 Å². The summed E-state index contributed by atoms with van der Waals surface area (Å²) >= 11 is 1.04. The van der Waals surface area contributed by atoms with E-state index in [2.05, 4.69) is 15.2 Å². The first-order valence-corrected chi connectivity index (χ1v) is 7.01. The number of hydrogen-bond acceptors (Lipinski definition) is 4. The lowest BCUT2D eigenvalue weighted by molar-refractivity contribution is -0.131. The molecular weight excluding hydrogens is 274 g/mol. The molecule has 0 aliphatic carbocycles. The summed E-state index contributed by atoms with van der Waals surface area (Å²) in [5.74, 6) is -0.244. The third-order valence-corrected chi connectivity index (χ3v) is 3.51. The van der Waals surface area contributed by atoms with Crippen LogP contribution in [0.4, 0.5) is 0 Å². The normalized spacial score (nSPS) is 11.6. The molecule has 20 heavy (non-hydrogen) atoms. The number of aryl methyl sites for hydroxylation is 2. The van der Waals surface area contributed by atoms with Crippen LogP contribution >= 0.6 is 11.8 Å². The molecule has 5 nitrogen and oxygen atoms in total. The van der Waals surface area contributed by atoms with E-state index in [0.29, 0.717) is 5.16 Å². The smallest absolute Gasteiger partial charge is 0.342 e. The van der Waals surface area contributed by atoms with Gasteiger partial charge in [0.05, 0.1) is 0 Å². The molecule has 2 N–H and O–H groups in total. The van der Waals surface area contributed by atoms with Crippen LogP contribution in [0.5, 0.6) is 0 Å². The van der Waals surface area contributed by atoms with Crippen LogP contribution in [0, 0.1) is 6.92 Å². The molecule has 1 aromatic heterocycles. The summed E-state index contributed by atoms with van der Waals surface area (Å²) in [6.07, 6.45) is 2.35. The van der Waals surface area contributed by atoms with Crippen LogP contribution in [0.25, 0.3) is 6.08 Å². The van der Waals surface area contributed by atoms with Gasteiger partial charge in [0, 0.05) is 6.42 Å². The topological polar surface area (TPSA) is 78.9 Å². The zero-order valence-corrected chi connectivity index (χ0v) is 12.1. The van der Waals surface area contributed by atoms with Gasteiger partial charge in [-0.15, -0.1) is 5.10 Å². The van der Waals surface area contributed by atoms with Gasteiger partial charge in [-0.3, -0.25) is 5.10 Å². The number of carboxylic acid groups (broad SMARTS) is 1. The van der Waals surface area contributed by atoms with Crippen molar-refractivity contribution in [1.29, 1.82) is 0 Å². The molecule has 0 amide bonds. The van der Waals surface area contributed by atoms with Crippen LogP contribution in [-0.4, -0.2) is 26.3 Å². The van der Waals surface area contributed by atoms with E-state index in [1.54, 1.807) is 6.08 Å². The summed E-state index contributed by atoms with van der Waals surface area (Å²) in [6, 6.07) is 7.65. The Morgan fingerprint density at radius 1 is 1.40 bits per heavy atom. The van der Waals surface area contributed by atoms with Crippen LogP contribution in [-0.2, 0) is 11.2 Å². The molecule has 0 aliphatic heterocycles. The van der Waals surface area contributed by atoms with Crippen molar-refractivity contribution >= 4 is 23.8 Å². The number of rotatable bonds is 5. The molecular formula is C14H15N3O2S. The largest absolute Gasteiger partial charge is 0.477 e. The highest BCUT2D eigenvalue weighted by atomic mass is 32.2. The predicted molar refractivity (Wildman–Crippen MR) is 78.4 cm³/mol. The Morgan fingerprint density at radius 2 is 2.10 bits per heavy atom. The number of hydrogen-bond donors (Lipinski definition) is 2. The second kappa shape index (κ2) is 6.38. The van der Waals surface area contributed by atoms with Crippen LogP contribution in [0.1, 0.15) is 23.9 Å². The maximum Gasteiger partial charge on any atom is 0.342 e. The molecule has 0 aliphatic rings. The number of thioether (sulfide) groups is 1. The zero-order valence-electron chi connectivity index (χ0n) is 11.3. The van der Waals surface area contributed by atoms with Gasteiger partial charge in [-0.1, -0.05) is 36.8 Å². The molecule has 0 atom stereocenters. The third-order valence-electron chi connectivity index (χ3n) is 2.63. The minimum Gasteiger partial charge on any atom is -0.477 e. The standard InChI is InChI=1S/C14H15N3O2S/c1-3-12-15-14(17-16-12)20-11(13(18)19)8-10-6-4-9(2)5-7-10/h4-8H,3H2,1-2H3,(H,18,19)(H,15,16,17)/b11-8-. The van der Waals surface area contributed by atoms with Gasteiger partial charge in [-0.05, 0) is 30.3 Å². The Hall–Kier alpha value is -2.08. The molecule has 0 fully saturated rings. The highest BCUT2D eigenvalue weighted by Gasteiger charge is 2.13. The Balaban J connectivity index is 2.22. The lowest BCUT2D eigenvalue weighted by Crippen LogP contribution is -1.97. The molecule has 0 radical (unpaired) electrons. The zero-order chi connectivity index (χ0) is 14.5. The lowest BCUT2D eigenvalue weighted by atomic mass is 10.1. The molecule has 1 aromatic carbocycles. The van der Waals surface area contributed by atoms with Crippen molar-refractivity contribution in [3.8, 4) is 0 Å². The first-order valence-electron chi connectivity index (χ1n) is 6.19. The van der Waals surface area contributed by atoms with Gasteiger partial charge in [-0.25, -0.2) is 9.78 Å². The quantitative estimate of drug-likeness (QED) is 0.653. The van der Waals surface area contributed by atoms with Crippen LogP contribution in [0.2, 0.25) is 0 Å². The van der Waals surface area contributed by atoms with E-state index in [9.17, 15) is 9.90 Å². The molecule has 104 valence electrons. The van der Waals surface area contributed by atoms with Gasteiger partial charge in [0.2, 0.25) is 5.16 Å². The Labute approximate surface area is 121 Å². The van der Waals surface area contributed by atoms with E-state index in [1.165, 1.54) is 0 Å². The minimum absolute atomic E-state index is 0.190. The van der Waals surface area contributed by atoms with Crippen molar-refractivity contribution in [2.24, 2.45) is 0 Å². The minimum atomic E-state index is -0.988. The fourth-order valence-electron chi connectivity index (χ4n) is 1.53. The number of H-pyrrole nitrogens is 1. The summed E-state index contributed by atoms with van der Waals surface area (Å²) in [4.78, 5) is 15.7. The number of aromatic amines is 1. The predicted octanol–water partition coefficient (Wildman–Crippen LogP) is 2.89. The fourth-order valence-corrected chi connectivity index (χ4v) is 2.25. The highest BCUT2D eigenvalue weighted by Crippen LogP contribution is 2.25. The molecule has 0 unspecified atom stereocenters. The molecule has 0 spiro atoms. The van der Waals surface area contributed by atoms with Crippen molar-refractivity contribution in [1.82, 2.24) is 15.2 Å². The summed E-state index contributed by atoms with van der Waals surface area (Å²) in [5.41, 5.74) is 1.97. The Kier molecular flexibility index (Phi) is 4.57. The number of carbonyl (C=O) groups is 1. The number of carboxylic acids is 1. The van der Waals surface area contributed by atoms with Crippen molar-refractivity contribution in [3.63, 3.8) is 0 Å². The number of aliphatic carboxylic acids is 1. The second-order valence-corrected chi connectivity index (χ2v) is 5.25. The average molecular weight is 289 g/mol. The number of benzene rings is 1. The van der Waals surface area contributed by atoms with Gasteiger partial charge >= 0.3 is 5.97 Å².